The normalized spacial score (nSPS) is 10.5. The van der Waals surface area contributed by atoms with Crippen LogP contribution in [0.15, 0.2) is 60.9 Å². The van der Waals surface area contributed by atoms with Gasteiger partial charge in [-0.3, -0.25) is 0 Å². The molecule has 4 aromatic rings. The van der Waals surface area contributed by atoms with Gasteiger partial charge in [0.25, 0.3) is 0 Å². The Balaban J connectivity index is 1.53. The number of hydrogen-bond acceptors (Lipinski definition) is 7. The fraction of sp³-hybridized carbons (Fsp3) is 0.125. The van der Waals surface area contributed by atoms with Gasteiger partial charge in [0.05, 0.1) is 17.7 Å². The van der Waals surface area contributed by atoms with E-state index in [0.29, 0.717) is 40.8 Å². The van der Waals surface area contributed by atoms with Crippen LogP contribution >= 0.6 is 0 Å². The van der Waals surface area contributed by atoms with E-state index in [0.717, 1.165) is 10.9 Å². The number of aromatic nitrogens is 3. The zero-order chi connectivity index (χ0) is 22.3. The van der Waals surface area contributed by atoms with E-state index < -0.39 is 0 Å². The van der Waals surface area contributed by atoms with E-state index in [1.54, 1.807) is 36.7 Å². The summed E-state index contributed by atoms with van der Waals surface area (Å²) in [5.74, 6) is 3.80. The topological polar surface area (TPSA) is 92.2 Å². The van der Waals surface area contributed by atoms with E-state index in [9.17, 15) is 4.39 Å². The molecule has 0 amide bonds. The second kappa shape index (κ2) is 9.73. The molecule has 2 aromatic carbocycles. The highest BCUT2D eigenvalue weighted by atomic mass is 19.1. The number of ether oxygens (including phenoxy) is 1. The van der Waals surface area contributed by atoms with Crippen molar-refractivity contribution >= 4 is 28.4 Å². The fourth-order valence-electron chi connectivity index (χ4n) is 3.01. The van der Waals surface area contributed by atoms with Crippen LogP contribution in [-0.4, -0.2) is 33.2 Å². The Bertz CT molecular complexity index is 1270. The lowest BCUT2D eigenvalue weighted by molar-refractivity contribution is 0.305. The number of pyridine rings is 1. The Labute approximate surface area is 184 Å². The SMILES string of the molecule is C#Cc1cc2cnc(Nc3cccc(F)c3)nc2cc1OCc1ccc(NCCO)nc1. The third-order valence-electron chi connectivity index (χ3n) is 4.55. The lowest BCUT2D eigenvalue weighted by Gasteiger charge is -2.11. The van der Waals surface area contributed by atoms with Gasteiger partial charge in [-0.1, -0.05) is 18.1 Å². The summed E-state index contributed by atoms with van der Waals surface area (Å²) in [6.07, 6.45) is 9.01. The van der Waals surface area contributed by atoms with E-state index in [-0.39, 0.29) is 19.0 Å². The summed E-state index contributed by atoms with van der Waals surface area (Å²) in [7, 11) is 0. The smallest absolute Gasteiger partial charge is 0.227 e. The first-order valence-electron chi connectivity index (χ1n) is 9.87. The molecule has 0 aliphatic carbocycles. The molecule has 160 valence electrons. The second-order valence-corrected chi connectivity index (χ2v) is 6.87. The number of anilines is 3. The van der Waals surface area contributed by atoms with Crippen molar-refractivity contribution in [3.05, 3.63) is 77.9 Å². The Morgan fingerprint density at radius 2 is 2.00 bits per heavy atom. The van der Waals surface area contributed by atoms with Crippen LogP contribution in [-0.2, 0) is 6.61 Å². The first kappa shape index (κ1) is 21.0. The summed E-state index contributed by atoms with van der Waals surface area (Å²) in [5, 5.41) is 15.6. The third-order valence-corrected chi connectivity index (χ3v) is 4.55. The molecule has 32 heavy (non-hydrogen) atoms. The standard InChI is InChI=1S/C24H20FN5O2/c1-2-17-10-18-14-28-24(29-20-5-3-4-19(25)11-20)30-21(18)12-22(17)32-15-16-6-7-23(27-13-16)26-8-9-31/h1,3-7,10-14,31H,8-9,15H2,(H,26,27)(H,28,29,30). The van der Waals surface area contributed by atoms with Gasteiger partial charge in [0.15, 0.2) is 0 Å². The van der Waals surface area contributed by atoms with Crippen molar-refractivity contribution in [3.8, 4) is 18.1 Å². The molecule has 0 spiro atoms. The molecular weight excluding hydrogens is 409 g/mol. The Hall–Kier alpha value is -4.22. The number of aliphatic hydroxyl groups excluding tert-OH is 1. The van der Waals surface area contributed by atoms with Gasteiger partial charge < -0.3 is 20.5 Å². The summed E-state index contributed by atoms with van der Waals surface area (Å²) in [5.41, 5.74) is 2.62. The van der Waals surface area contributed by atoms with Crippen molar-refractivity contribution in [2.45, 2.75) is 6.61 Å². The number of rotatable bonds is 8. The predicted molar refractivity (Wildman–Crippen MR) is 121 cm³/mol. The van der Waals surface area contributed by atoms with Crippen molar-refractivity contribution in [2.24, 2.45) is 0 Å². The molecule has 0 saturated heterocycles. The molecule has 3 N–H and O–H groups in total. The van der Waals surface area contributed by atoms with Crippen LogP contribution in [0.1, 0.15) is 11.1 Å². The predicted octanol–water partition coefficient (Wildman–Crippen LogP) is 3.87. The van der Waals surface area contributed by atoms with Gasteiger partial charge in [-0.05, 0) is 30.3 Å². The summed E-state index contributed by atoms with van der Waals surface area (Å²) in [4.78, 5) is 13.1. The Morgan fingerprint density at radius 3 is 2.75 bits per heavy atom. The van der Waals surface area contributed by atoms with E-state index in [2.05, 4.69) is 31.5 Å². The maximum atomic E-state index is 13.4. The molecular formula is C24H20FN5O2. The van der Waals surface area contributed by atoms with Gasteiger partial charge in [0, 0.05) is 41.6 Å². The van der Waals surface area contributed by atoms with Crippen LogP contribution in [0.4, 0.5) is 21.8 Å². The highest BCUT2D eigenvalue weighted by Crippen LogP contribution is 2.26. The molecule has 0 atom stereocenters. The molecule has 2 heterocycles. The van der Waals surface area contributed by atoms with Gasteiger partial charge in [0.1, 0.15) is 24.0 Å². The van der Waals surface area contributed by atoms with Crippen molar-refractivity contribution in [1.82, 2.24) is 15.0 Å². The van der Waals surface area contributed by atoms with Crippen molar-refractivity contribution in [3.63, 3.8) is 0 Å². The maximum absolute atomic E-state index is 13.4. The van der Waals surface area contributed by atoms with Crippen LogP contribution in [0.5, 0.6) is 5.75 Å². The van der Waals surface area contributed by atoms with Crippen molar-refractivity contribution in [2.75, 3.05) is 23.8 Å². The molecule has 7 nitrogen and oxygen atoms in total. The van der Waals surface area contributed by atoms with Gasteiger partial charge in [0.2, 0.25) is 5.95 Å². The number of hydrogen-bond donors (Lipinski definition) is 3. The highest BCUT2D eigenvalue weighted by Gasteiger charge is 2.09. The van der Waals surface area contributed by atoms with Gasteiger partial charge >= 0.3 is 0 Å². The molecule has 0 radical (unpaired) electrons. The lowest BCUT2D eigenvalue weighted by atomic mass is 10.1. The van der Waals surface area contributed by atoms with Gasteiger partial charge in [-0.25, -0.2) is 19.3 Å². The van der Waals surface area contributed by atoms with E-state index in [1.165, 1.54) is 12.1 Å². The first-order valence-corrected chi connectivity index (χ1v) is 9.87. The number of benzene rings is 2. The summed E-state index contributed by atoms with van der Waals surface area (Å²) >= 11 is 0. The Kier molecular flexibility index (Phi) is 6.39. The molecule has 8 heteroatoms. The minimum absolute atomic E-state index is 0.0341. The summed E-state index contributed by atoms with van der Waals surface area (Å²) in [6.45, 7) is 0.739. The zero-order valence-corrected chi connectivity index (χ0v) is 17.0. The van der Waals surface area contributed by atoms with E-state index in [1.807, 2.05) is 12.1 Å². The minimum Gasteiger partial charge on any atom is -0.487 e. The largest absolute Gasteiger partial charge is 0.487 e. The molecule has 0 unspecified atom stereocenters. The van der Waals surface area contributed by atoms with Crippen LogP contribution in [0.3, 0.4) is 0 Å². The molecule has 0 aliphatic rings. The molecule has 0 aliphatic heterocycles. The molecule has 0 saturated carbocycles. The molecule has 2 aromatic heterocycles. The van der Waals surface area contributed by atoms with E-state index in [4.69, 9.17) is 16.3 Å². The maximum Gasteiger partial charge on any atom is 0.227 e. The number of halogens is 1. The van der Waals surface area contributed by atoms with Crippen LogP contribution in [0.25, 0.3) is 10.9 Å². The number of terminal acetylenes is 1. The number of fused-ring (bicyclic) bond motifs is 1. The zero-order valence-electron chi connectivity index (χ0n) is 17.0. The molecule has 0 fully saturated rings. The third kappa shape index (κ3) is 5.09. The van der Waals surface area contributed by atoms with Crippen LogP contribution in [0, 0.1) is 18.2 Å². The number of nitrogens with one attached hydrogen (secondary N) is 2. The van der Waals surface area contributed by atoms with Gasteiger partial charge in [-0.15, -0.1) is 6.42 Å². The summed E-state index contributed by atoms with van der Waals surface area (Å²) < 4.78 is 19.4. The molecule has 0 bridgehead atoms. The second-order valence-electron chi connectivity index (χ2n) is 6.87. The highest BCUT2D eigenvalue weighted by molar-refractivity contribution is 5.83. The fourth-order valence-corrected chi connectivity index (χ4v) is 3.01. The van der Waals surface area contributed by atoms with E-state index >= 15 is 0 Å². The molecule has 4 rings (SSSR count). The minimum atomic E-state index is -0.350. The number of nitrogens with zero attached hydrogens (tertiary/aromatic N) is 3. The van der Waals surface area contributed by atoms with Crippen LogP contribution < -0.4 is 15.4 Å². The average molecular weight is 429 g/mol. The summed E-state index contributed by atoms with van der Waals surface area (Å²) in [6, 6.07) is 13.3. The van der Waals surface area contributed by atoms with Crippen molar-refractivity contribution < 1.29 is 14.2 Å². The average Bonchev–Trinajstić information content (AvgIpc) is 2.81. The quantitative estimate of drug-likeness (QED) is 0.366. The Morgan fingerprint density at radius 1 is 1.09 bits per heavy atom. The number of aliphatic hydroxyl groups is 1. The van der Waals surface area contributed by atoms with Crippen molar-refractivity contribution in [1.29, 1.82) is 0 Å². The monoisotopic (exact) mass is 429 g/mol. The van der Waals surface area contributed by atoms with Crippen LogP contribution in [0.2, 0.25) is 0 Å². The van der Waals surface area contributed by atoms with Gasteiger partial charge in [-0.2, -0.15) is 0 Å². The first-order chi connectivity index (χ1) is 15.6. The lowest BCUT2D eigenvalue weighted by Crippen LogP contribution is -2.07.